The molecule has 2 heterocycles. The Balaban J connectivity index is 1.78. The average molecular weight is 338 g/mol. The van der Waals surface area contributed by atoms with Crippen molar-refractivity contribution in [2.75, 3.05) is 19.8 Å². The van der Waals surface area contributed by atoms with Crippen LogP contribution < -0.4 is 5.14 Å². The van der Waals surface area contributed by atoms with E-state index in [2.05, 4.69) is 6.92 Å². The number of carbonyl (C=O) groups excluding carboxylic acids is 1. The van der Waals surface area contributed by atoms with Crippen LogP contribution in [0, 0.1) is 5.41 Å². The first kappa shape index (κ1) is 16.4. The first-order valence-corrected chi connectivity index (χ1v) is 9.40. The monoisotopic (exact) mass is 338 g/mol. The number of primary sulfonamides is 1. The van der Waals surface area contributed by atoms with Crippen molar-refractivity contribution in [1.82, 2.24) is 4.90 Å². The number of benzene rings is 1. The number of hydrogen-bond acceptors (Lipinski definition) is 4. The van der Waals surface area contributed by atoms with Gasteiger partial charge in [-0.2, -0.15) is 0 Å². The zero-order chi connectivity index (χ0) is 16.7. The highest BCUT2D eigenvalue weighted by Crippen LogP contribution is 2.45. The van der Waals surface area contributed by atoms with E-state index in [0.717, 1.165) is 39.0 Å². The lowest BCUT2D eigenvalue weighted by molar-refractivity contribution is 0.000173. The molecule has 23 heavy (non-hydrogen) atoms. The van der Waals surface area contributed by atoms with E-state index in [0.29, 0.717) is 5.56 Å². The molecule has 126 valence electrons. The van der Waals surface area contributed by atoms with Gasteiger partial charge in [-0.05, 0) is 55.9 Å². The van der Waals surface area contributed by atoms with Crippen LogP contribution in [-0.4, -0.2) is 45.0 Å². The molecule has 1 atom stereocenters. The van der Waals surface area contributed by atoms with Crippen LogP contribution in [0.1, 0.15) is 36.5 Å². The molecule has 2 fully saturated rings. The molecule has 2 aliphatic rings. The Labute approximate surface area is 136 Å². The summed E-state index contributed by atoms with van der Waals surface area (Å²) in [6.07, 6.45) is 2.98. The van der Waals surface area contributed by atoms with E-state index in [9.17, 15) is 13.2 Å². The normalized spacial score (nSPS) is 24.1. The first-order valence-electron chi connectivity index (χ1n) is 7.85. The standard InChI is InChI=1S/C16H22N2O4S/c1-12-16(7-10-22-11-8-16)6-9-18(12)15(19)13-2-4-14(5-3-13)23(17,20)21/h2-5,12H,6-11H2,1H3,(H2,17,20,21). The topological polar surface area (TPSA) is 89.7 Å². The zero-order valence-corrected chi connectivity index (χ0v) is 14.0. The highest BCUT2D eigenvalue weighted by atomic mass is 32.2. The summed E-state index contributed by atoms with van der Waals surface area (Å²) in [6.45, 7) is 4.36. The number of ether oxygens (including phenoxy) is 1. The van der Waals surface area contributed by atoms with E-state index >= 15 is 0 Å². The highest BCUT2D eigenvalue weighted by molar-refractivity contribution is 7.89. The van der Waals surface area contributed by atoms with Gasteiger partial charge in [-0.15, -0.1) is 0 Å². The average Bonchev–Trinajstić information content (AvgIpc) is 2.84. The summed E-state index contributed by atoms with van der Waals surface area (Å²) < 4.78 is 28.0. The third-order valence-corrected chi connectivity index (χ3v) is 6.31. The Morgan fingerprint density at radius 2 is 1.83 bits per heavy atom. The summed E-state index contributed by atoms with van der Waals surface area (Å²) in [4.78, 5) is 14.7. The van der Waals surface area contributed by atoms with E-state index in [4.69, 9.17) is 9.88 Å². The van der Waals surface area contributed by atoms with Crippen molar-refractivity contribution in [3.63, 3.8) is 0 Å². The number of nitrogens with two attached hydrogens (primary N) is 1. The second-order valence-electron chi connectivity index (χ2n) is 6.47. The highest BCUT2D eigenvalue weighted by Gasteiger charge is 2.47. The summed E-state index contributed by atoms with van der Waals surface area (Å²) in [5.41, 5.74) is 0.655. The smallest absolute Gasteiger partial charge is 0.254 e. The maximum atomic E-state index is 12.8. The van der Waals surface area contributed by atoms with Gasteiger partial charge in [0, 0.05) is 31.4 Å². The van der Waals surface area contributed by atoms with Crippen molar-refractivity contribution in [2.24, 2.45) is 10.6 Å². The molecule has 0 aromatic heterocycles. The van der Waals surface area contributed by atoms with E-state index in [1.54, 1.807) is 0 Å². The molecule has 1 aromatic carbocycles. The van der Waals surface area contributed by atoms with Crippen molar-refractivity contribution < 1.29 is 17.9 Å². The Hall–Kier alpha value is -1.44. The van der Waals surface area contributed by atoms with E-state index in [1.165, 1.54) is 24.3 Å². The van der Waals surface area contributed by atoms with Gasteiger partial charge in [-0.1, -0.05) is 0 Å². The predicted octanol–water partition coefficient (Wildman–Crippen LogP) is 1.37. The predicted molar refractivity (Wildman–Crippen MR) is 85.4 cm³/mol. The molecule has 1 aromatic rings. The fraction of sp³-hybridized carbons (Fsp3) is 0.562. The van der Waals surface area contributed by atoms with E-state index < -0.39 is 10.0 Å². The third kappa shape index (κ3) is 3.00. The van der Waals surface area contributed by atoms with E-state index in [-0.39, 0.29) is 22.3 Å². The molecular formula is C16H22N2O4S. The minimum Gasteiger partial charge on any atom is -0.381 e. The van der Waals surface area contributed by atoms with Gasteiger partial charge in [-0.3, -0.25) is 4.79 Å². The van der Waals surface area contributed by atoms with Crippen LogP contribution in [0.3, 0.4) is 0 Å². The van der Waals surface area contributed by atoms with Crippen molar-refractivity contribution in [1.29, 1.82) is 0 Å². The number of hydrogen-bond donors (Lipinski definition) is 1. The van der Waals surface area contributed by atoms with Gasteiger partial charge in [-0.25, -0.2) is 13.6 Å². The Bertz CT molecular complexity index is 693. The molecule has 1 amide bonds. The molecule has 0 saturated carbocycles. The van der Waals surface area contributed by atoms with Crippen LogP contribution in [0.4, 0.5) is 0 Å². The minimum atomic E-state index is -3.74. The van der Waals surface area contributed by atoms with Crippen LogP contribution in [-0.2, 0) is 14.8 Å². The third-order valence-electron chi connectivity index (χ3n) is 5.38. The van der Waals surface area contributed by atoms with Gasteiger partial charge in [0.2, 0.25) is 10.0 Å². The summed E-state index contributed by atoms with van der Waals surface area (Å²) in [5.74, 6) is -0.0539. The van der Waals surface area contributed by atoms with Crippen LogP contribution in [0.5, 0.6) is 0 Å². The van der Waals surface area contributed by atoms with Crippen LogP contribution in [0.25, 0.3) is 0 Å². The molecule has 0 bridgehead atoms. The maximum absolute atomic E-state index is 12.8. The van der Waals surface area contributed by atoms with Crippen LogP contribution in [0.2, 0.25) is 0 Å². The van der Waals surface area contributed by atoms with Gasteiger partial charge in [0.05, 0.1) is 4.90 Å². The van der Waals surface area contributed by atoms with E-state index in [1.807, 2.05) is 4.90 Å². The number of carbonyl (C=O) groups is 1. The fourth-order valence-corrected chi connectivity index (χ4v) is 4.27. The summed E-state index contributed by atoms with van der Waals surface area (Å²) in [6, 6.07) is 5.99. The molecule has 2 saturated heterocycles. The lowest BCUT2D eigenvalue weighted by Crippen LogP contribution is -2.43. The van der Waals surface area contributed by atoms with Gasteiger partial charge < -0.3 is 9.64 Å². The quantitative estimate of drug-likeness (QED) is 0.882. The molecule has 3 rings (SSSR count). The number of likely N-dealkylation sites (tertiary alicyclic amines) is 1. The lowest BCUT2D eigenvalue weighted by atomic mass is 9.74. The summed E-state index contributed by atoms with van der Waals surface area (Å²) >= 11 is 0. The second-order valence-corrected chi connectivity index (χ2v) is 8.03. The van der Waals surface area contributed by atoms with Crippen molar-refractivity contribution in [3.8, 4) is 0 Å². The van der Waals surface area contributed by atoms with Crippen molar-refractivity contribution in [2.45, 2.75) is 37.1 Å². The molecule has 0 radical (unpaired) electrons. The number of nitrogens with zero attached hydrogens (tertiary/aromatic N) is 1. The van der Waals surface area contributed by atoms with Gasteiger partial charge in [0.15, 0.2) is 0 Å². The molecule has 0 aliphatic carbocycles. The van der Waals surface area contributed by atoms with Crippen LogP contribution in [0.15, 0.2) is 29.2 Å². The Morgan fingerprint density at radius 1 is 1.22 bits per heavy atom. The zero-order valence-electron chi connectivity index (χ0n) is 13.2. The lowest BCUT2D eigenvalue weighted by Gasteiger charge is -2.38. The van der Waals surface area contributed by atoms with Gasteiger partial charge in [0.25, 0.3) is 5.91 Å². The molecular weight excluding hydrogens is 316 g/mol. The molecule has 1 unspecified atom stereocenters. The number of rotatable bonds is 2. The van der Waals surface area contributed by atoms with Gasteiger partial charge in [0.1, 0.15) is 0 Å². The molecule has 2 N–H and O–H groups in total. The first-order chi connectivity index (χ1) is 10.8. The minimum absolute atomic E-state index is 0.0180. The number of amides is 1. The fourth-order valence-electron chi connectivity index (χ4n) is 3.75. The molecule has 7 heteroatoms. The maximum Gasteiger partial charge on any atom is 0.254 e. The van der Waals surface area contributed by atoms with Crippen LogP contribution >= 0.6 is 0 Å². The summed E-state index contributed by atoms with van der Waals surface area (Å²) in [7, 11) is -3.74. The SMILES string of the molecule is CC1N(C(=O)c2ccc(S(N)(=O)=O)cc2)CCC12CCOCC2. The Morgan fingerprint density at radius 3 is 2.39 bits per heavy atom. The second kappa shape index (κ2) is 5.89. The summed E-state index contributed by atoms with van der Waals surface area (Å²) in [5, 5.41) is 5.09. The van der Waals surface area contributed by atoms with Crippen molar-refractivity contribution in [3.05, 3.63) is 29.8 Å². The molecule has 2 aliphatic heterocycles. The molecule has 1 spiro atoms. The largest absolute Gasteiger partial charge is 0.381 e. The number of sulfonamides is 1. The van der Waals surface area contributed by atoms with Gasteiger partial charge >= 0.3 is 0 Å². The van der Waals surface area contributed by atoms with Crippen molar-refractivity contribution >= 4 is 15.9 Å². The Kier molecular flexibility index (Phi) is 4.20. The molecule has 6 nitrogen and oxygen atoms in total.